The Morgan fingerprint density at radius 3 is 1.03 bits per heavy atom. The van der Waals surface area contributed by atoms with Gasteiger partial charge in [0.2, 0.25) is 0 Å². The van der Waals surface area contributed by atoms with Crippen molar-refractivity contribution in [2.24, 2.45) is 0 Å². The second-order valence-electron chi connectivity index (χ2n) is 14.2. The number of benzene rings is 8. The summed E-state index contributed by atoms with van der Waals surface area (Å²) >= 11 is 0. The summed E-state index contributed by atoms with van der Waals surface area (Å²) in [6.07, 6.45) is 0. The molecule has 272 valence electrons. The minimum Gasteiger partial charge on any atom is -0.228 e. The number of fused-ring (bicyclic) bond motifs is 1. The van der Waals surface area contributed by atoms with E-state index >= 15 is 0 Å². The number of nitrogens with zero attached hydrogens (tertiary/aromatic N) is 5. The Hall–Kier alpha value is -7.89. The quantitative estimate of drug-likeness (QED) is 0.155. The zero-order chi connectivity index (χ0) is 38.7. The van der Waals surface area contributed by atoms with Crippen LogP contribution >= 0.6 is 0 Å². The van der Waals surface area contributed by atoms with Gasteiger partial charge in [0.15, 0.2) is 23.3 Å². The van der Waals surface area contributed by atoms with Crippen LogP contribution in [0.2, 0.25) is 0 Å². The lowest BCUT2D eigenvalue weighted by atomic mass is 9.96. The van der Waals surface area contributed by atoms with Crippen LogP contribution < -0.4 is 0 Å². The van der Waals surface area contributed by atoms with E-state index in [0.29, 0.717) is 23.3 Å². The molecule has 0 spiro atoms. The van der Waals surface area contributed by atoms with Crippen LogP contribution in [0.15, 0.2) is 212 Å². The fraction of sp³-hybridized carbons (Fsp3) is 0. The highest BCUT2D eigenvalue weighted by atomic mass is 15.0. The summed E-state index contributed by atoms with van der Waals surface area (Å²) in [5.41, 5.74) is 12.2. The lowest BCUT2D eigenvalue weighted by molar-refractivity contribution is 1.07. The molecule has 5 heteroatoms. The second-order valence-corrected chi connectivity index (χ2v) is 14.2. The predicted octanol–water partition coefficient (Wildman–Crippen LogP) is 13.2. The van der Waals surface area contributed by atoms with Gasteiger partial charge in [-0.1, -0.05) is 188 Å². The monoisotopic (exact) mass is 741 g/mol. The summed E-state index contributed by atoms with van der Waals surface area (Å²) in [5.74, 6) is 2.63. The Labute approximate surface area is 337 Å². The number of rotatable bonds is 8. The molecule has 10 aromatic rings. The summed E-state index contributed by atoms with van der Waals surface area (Å²) in [4.78, 5) is 24.8. The molecule has 0 bridgehead atoms. The lowest BCUT2D eigenvalue weighted by Crippen LogP contribution is -2.00. The second kappa shape index (κ2) is 15.3. The maximum Gasteiger partial charge on any atom is 0.164 e. The fourth-order valence-electron chi connectivity index (χ4n) is 7.28. The van der Waals surface area contributed by atoms with Crippen molar-refractivity contribution in [3.05, 3.63) is 212 Å². The minimum absolute atomic E-state index is 0.637. The van der Waals surface area contributed by atoms with Gasteiger partial charge in [-0.2, -0.15) is 0 Å². The first-order valence-corrected chi connectivity index (χ1v) is 19.3. The van der Waals surface area contributed by atoms with Gasteiger partial charge < -0.3 is 0 Å². The molecule has 0 aliphatic heterocycles. The normalized spacial score (nSPS) is 11.1. The first-order chi connectivity index (χ1) is 28.7. The summed E-state index contributed by atoms with van der Waals surface area (Å²) in [5, 5.41) is 2.34. The van der Waals surface area contributed by atoms with Crippen LogP contribution in [0, 0.1) is 0 Å². The number of hydrogen-bond donors (Lipinski definition) is 0. The van der Waals surface area contributed by atoms with E-state index in [4.69, 9.17) is 24.9 Å². The summed E-state index contributed by atoms with van der Waals surface area (Å²) in [7, 11) is 0. The highest BCUT2D eigenvalue weighted by Crippen LogP contribution is 2.33. The van der Waals surface area contributed by atoms with E-state index < -0.39 is 0 Å². The molecule has 0 amide bonds. The van der Waals surface area contributed by atoms with Crippen LogP contribution in [0.25, 0.3) is 101 Å². The van der Waals surface area contributed by atoms with E-state index in [1.807, 2.05) is 97.1 Å². The van der Waals surface area contributed by atoms with Gasteiger partial charge in [0, 0.05) is 33.4 Å². The molecule has 0 saturated carbocycles. The van der Waals surface area contributed by atoms with E-state index in [-0.39, 0.29) is 0 Å². The van der Waals surface area contributed by atoms with Gasteiger partial charge in [0.25, 0.3) is 0 Å². The molecule has 8 aromatic carbocycles. The van der Waals surface area contributed by atoms with Crippen molar-refractivity contribution in [2.75, 3.05) is 0 Å². The van der Waals surface area contributed by atoms with E-state index in [0.717, 1.165) is 72.4 Å². The van der Waals surface area contributed by atoms with Crippen molar-refractivity contribution in [1.29, 1.82) is 0 Å². The number of hydrogen-bond acceptors (Lipinski definition) is 5. The average molecular weight is 742 g/mol. The van der Waals surface area contributed by atoms with Crippen LogP contribution in [0.5, 0.6) is 0 Å². The standard InChI is InChI=1S/C53H35N5/c1-5-14-38(15-6-1)48-35-49(39-16-7-2-8-17-39)55-53(54-48)46-23-13-22-43(32-46)45-31-27-37-26-30-44(33-47(37)34-45)36-24-28-42(29-25-36)52-57-50(40-18-9-3-10-19-40)56-51(58-52)41-20-11-4-12-21-41/h1-35H. The Morgan fingerprint density at radius 1 is 0.190 bits per heavy atom. The minimum atomic E-state index is 0.637. The molecule has 2 heterocycles. The molecular weight excluding hydrogens is 707 g/mol. The predicted molar refractivity (Wildman–Crippen MR) is 236 cm³/mol. The highest BCUT2D eigenvalue weighted by Gasteiger charge is 2.14. The molecule has 2 aromatic heterocycles. The van der Waals surface area contributed by atoms with E-state index in [1.54, 1.807) is 0 Å². The zero-order valence-electron chi connectivity index (χ0n) is 31.4. The van der Waals surface area contributed by atoms with Gasteiger partial charge in [0.05, 0.1) is 11.4 Å². The van der Waals surface area contributed by atoms with Crippen molar-refractivity contribution >= 4 is 10.8 Å². The SMILES string of the molecule is c1ccc(-c2cc(-c3ccccc3)nc(-c3cccc(-c4ccc5ccc(-c6ccc(-c7nc(-c8ccccc8)nc(-c8ccccc8)n7)cc6)cc5c4)c3)n2)cc1. The molecule has 0 fully saturated rings. The number of aromatic nitrogens is 5. The van der Waals surface area contributed by atoms with Gasteiger partial charge in [-0.05, 0) is 57.3 Å². The van der Waals surface area contributed by atoms with Crippen molar-refractivity contribution in [3.63, 3.8) is 0 Å². The molecule has 0 aliphatic rings. The van der Waals surface area contributed by atoms with Crippen molar-refractivity contribution in [2.45, 2.75) is 0 Å². The maximum atomic E-state index is 5.07. The van der Waals surface area contributed by atoms with Gasteiger partial charge >= 0.3 is 0 Å². The lowest BCUT2D eigenvalue weighted by Gasteiger charge is -2.11. The van der Waals surface area contributed by atoms with Crippen LogP contribution in [-0.4, -0.2) is 24.9 Å². The maximum absolute atomic E-state index is 5.07. The molecular formula is C53H35N5. The third kappa shape index (κ3) is 7.16. The molecule has 0 atom stereocenters. The smallest absolute Gasteiger partial charge is 0.164 e. The fourth-order valence-corrected chi connectivity index (χ4v) is 7.28. The van der Waals surface area contributed by atoms with Gasteiger partial charge in [-0.15, -0.1) is 0 Å². The van der Waals surface area contributed by atoms with Crippen molar-refractivity contribution < 1.29 is 0 Å². The first kappa shape index (κ1) is 34.6. The zero-order valence-corrected chi connectivity index (χ0v) is 31.4. The van der Waals surface area contributed by atoms with Crippen LogP contribution in [0.1, 0.15) is 0 Å². The molecule has 58 heavy (non-hydrogen) atoms. The molecule has 0 radical (unpaired) electrons. The van der Waals surface area contributed by atoms with Crippen LogP contribution in [0.3, 0.4) is 0 Å². The Morgan fingerprint density at radius 2 is 0.534 bits per heavy atom. The van der Waals surface area contributed by atoms with E-state index in [1.165, 1.54) is 5.39 Å². The van der Waals surface area contributed by atoms with Gasteiger partial charge in [0.1, 0.15) is 0 Å². The Bertz CT molecular complexity index is 2910. The third-order valence-corrected chi connectivity index (χ3v) is 10.3. The molecule has 0 N–H and O–H groups in total. The molecule has 0 aliphatic carbocycles. The van der Waals surface area contributed by atoms with Gasteiger partial charge in [-0.25, -0.2) is 24.9 Å². The largest absolute Gasteiger partial charge is 0.228 e. The average Bonchev–Trinajstić information content (AvgIpc) is 3.32. The van der Waals surface area contributed by atoms with E-state index in [2.05, 4.69) is 115 Å². The molecule has 5 nitrogen and oxygen atoms in total. The summed E-state index contributed by atoms with van der Waals surface area (Å²) in [6, 6.07) is 73.1. The third-order valence-electron chi connectivity index (χ3n) is 10.3. The summed E-state index contributed by atoms with van der Waals surface area (Å²) < 4.78 is 0. The van der Waals surface area contributed by atoms with Crippen LogP contribution in [-0.2, 0) is 0 Å². The van der Waals surface area contributed by atoms with Gasteiger partial charge in [-0.3, -0.25) is 0 Å². The topological polar surface area (TPSA) is 64.5 Å². The molecule has 0 unspecified atom stereocenters. The Balaban J connectivity index is 0.971. The Kier molecular flexibility index (Phi) is 9.14. The molecule has 0 saturated heterocycles. The highest BCUT2D eigenvalue weighted by molar-refractivity contribution is 5.91. The van der Waals surface area contributed by atoms with Crippen LogP contribution in [0.4, 0.5) is 0 Å². The van der Waals surface area contributed by atoms with E-state index in [9.17, 15) is 0 Å². The summed E-state index contributed by atoms with van der Waals surface area (Å²) in [6.45, 7) is 0. The first-order valence-electron chi connectivity index (χ1n) is 19.3. The van der Waals surface area contributed by atoms with Crippen molar-refractivity contribution in [1.82, 2.24) is 24.9 Å². The molecule has 10 rings (SSSR count). The van der Waals surface area contributed by atoms with Crippen molar-refractivity contribution in [3.8, 4) is 90.3 Å².